The first-order valence-electron chi connectivity index (χ1n) is 4.78. The van der Waals surface area contributed by atoms with Gasteiger partial charge in [-0.15, -0.1) is 0 Å². The van der Waals surface area contributed by atoms with Crippen LogP contribution in [0.5, 0.6) is 0 Å². The van der Waals surface area contributed by atoms with E-state index in [1.54, 1.807) is 13.2 Å². The van der Waals surface area contributed by atoms with E-state index in [-0.39, 0.29) is 11.5 Å². The van der Waals surface area contributed by atoms with Gasteiger partial charge in [-0.25, -0.2) is 4.98 Å². The summed E-state index contributed by atoms with van der Waals surface area (Å²) in [5.74, 6) is 0.458. The van der Waals surface area contributed by atoms with Gasteiger partial charge in [0, 0.05) is 24.7 Å². The second-order valence-electron chi connectivity index (χ2n) is 3.85. The zero-order valence-corrected chi connectivity index (χ0v) is 8.90. The summed E-state index contributed by atoms with van der Waals surface area (Å²) in [4.78, 5) is 15.7. The largest absolute Gasteiger partial charge is 0.330 e. The standard InChI is InChI=1S/C10H17N3O/c1-7(2)8(4-11)9-5-12-6-13(3)10(9)14/h5-8H,4,11H2,1-3H3. The van der Waals surface area contributed by atoms with Gasteiger partial charge in [0.25, 0.3) is 5.56 Å². The lowest BCUT2D eigenvalue weighted by Gasteiger charge is -2.18. The molecule has 0 aliphatic rings. The Morgan fingerprint density at radius 2 is 2.21 bits per heavy atom. The van der Waals surface area contributed by atoms with E-state index in [1.807, 2.05) is 0 Å². The molecular formula is C10H17N3O. The van der Waals surface area contributed by atoms with Crippen molar-refractivity contribution in [3.63, 3.8) is 0 Å². The molecule has 1 aromatic heterocycles. The van der Waals surface area contributed by atoms with Gasteiger partial charge in [-0.1, -0.05) is 13.8 Å². The Bertz CT molecular complexity index is 357. The molecule has 2 N–H and O–H groups in total. The Labute approximate surface area is 83.8 Å². The molecule has 1 heterocycles. The smallest absolute Gasteiger partial charge is 0.256 e. The minimum Gasteiger partial charge on any atom is -0.330 e. The van der Waals surface area contributed by atoms with E-state index in [0.717, 1.165) is 0 Å². The van der Waals surface area contributed by atoms with Crippen LogP contribution < -0.4 is 11.3 Å². The molecule has 14 heavy (non-hydrogen) atoms. The molecule has 0 amide bonds. The highest BCUT2D eigenvalue weighted by molar-refractivity contribution is 5.12. The lowest BCUT2D eigenvalue weighted by molar-refractivity contribution is 0.496. The number of rotatable bonds is 3. The van der Waals surface area contributed by atoms with Gasteiger partial charge < -0.3 is 10.3 Å². The fourth-order valence-electron chi connectivity index (χ4n) is 1.54. The number of hydrogen-bond donors (Lipinski definition) is 1. The van der Waals surface area contributed by atoms with Crippen molar-refractivity contribution in [2.45, 2.75) is 19.8 Å². The maximum atomic E-state index is 11.7. The van der Waals surface area contributed by atoms with Crippen molar-refractivity contribution in [1.82, 2.24) is 9.55 Å². The number of nitrogens with zero attached hydrogens (tertiary/aromatic N) is 2. The molecule has 0 aromatic carbocycles. The fourth-order valence-corrected chi connectivity index (χ4v) is 1.54. The maximum absolute atomic E-state index is 11.7. The molecule has 0 aliphatic carbocycles. The third-order valence-electron chi connectivity index (χ3n) is 2.48. The second-order valence-corrected chi connectivity index (χ2v) is 3.85. The van der Waals surface area contributed by atoms with Crippen LogP contribution in [-0.4, -0.2) is 16.1 Å². The van der Waals surface area contributed by atoms with Crippen LogP contribution in [0.25, 0.3) is 0 Å². The maximum Gasteiger partial charge on any atom is 0.256 e. The van der Waals surface area contributed by atoms with Gasteiger partial charge in [-0.2, -0.15) is 0 Å². The van der Waals surface area contributed by atoms with Crippen LogP contribution in [0, 0.1) is 5.92 Å². The predicted molar refractivity (Wildman–Crippen MR) is 56.1 cm³/mol. The van der Waals surface area contributed by atoms with E-state index in [2.05, 4.69) is 18.8 Å². The summed E-state index contributed by atoms with van der Waals surface area (Å²) in [7, 11) is 1.70. The summed E-state index contributed by atoms with van der Waals surface area (Å²) >= 11 is 0. The van der Waals surface area contributed by atoms with Crippen molar-refractivity contribution in [2.24, 2.45) is 18.7 Å². The molecule has 4 nitrogen and oxygen atoms in total. The van der Waals surface area contributed by atoms with Crippen LogP contribution in [0.15, 0.2) is 17.3 Å². The highest BCUT2D eigenvalue weighted by Gasteiger charge is 2.17. The average Bonchev–Trinajstić information content (AvgIpc) is 2.13. The molecule has 0 aliphatic heterocycles. The lowest BCUT2D eigenvalue weighted by atomic mass is 9.90. The molecule has 1 aromatic rings. The SMILES string of the molecule is CC(C)C(CN)c1cncn(C)c1=O. The van der Waals surface area contributed by atoms with Crippen LogP contribution in [0.4, 0.5) is 0 Å². The molecule has 0 saturated heterocycles. The second kappa shape index (κ2) is 4.37. The van der Waals surface area contributed by atoms with E-state index in [4.69, 9.17) is 5.73 Å². The first-order chi connectivity index (χ1) is 6.57. The lowest BCUT2D eigenvalue weighted by Crippen LogP contribution is -2.29. The average molecular weight is 195 g/mol. The van der Waals surface area contributed by atoms with Crippen molar-refractivity contribution >= 4 is 0 Å². The number of hydrogen-bond acceptors (Lipinski definition) is 3. The zero-order chi connectivity index (χ0) is 10.7. The van der Waals surface area contributed by atoms with Gasteiger partial charge >= 0.3 is 0 Å². The first-order valence-corrected chi connectivity index (χ1v) is 4.78. The van der Waals surface area contributed by atoms with Gasteiger partial charge in [0.05, 0.1) is 6.33 Å². The molecular weight excluding hydrogens is 178 g/mol. The van der Waals surface area contributed by atoms with Crippen LogP contribution in [0.1, 0.15) is 25.3 Å². The van der Waals surface area contributed by atoms with E-state index in [9.17, 15) is 4.79 Å². The van der Waals surface area contributed by atoms with Crippen LogP contribution >= 0.6 is 0 Å². The highest BCUT2D eigenvalue weighted by Crippen LogP contribution is 2.19. The molecule has 4 heteroatoms. The minimum absolute atomic E-state index is 0.00384. The summed E-state index contributed by atoms with van der Waals surface area (Å²) in [6.45, 7) is 4.60. The van der Waals surface area contributed by atoms with Gasteiger partial charge in [-0.3, -0.25) is 4.79 Å². The molecule has 0 saturated carbocycles. The van der Waals surface area contributed by atoms with Crippen molar-refractivity contribution in [3.8, 4) is 0 Å². The van der Waals surface area contributed by atoms with Crippen LogP contribution in [0.3, 0.4) is 0 Å². The quantitative estimate of drug-likeness (QED) is 0.763. The van der Waals surface area contributed by atoms with Crippen molar-refractivity contribution in [3.05, 3.63) is 28.4 Å². The van der Waals surface area contributed by atoms with E-state index in [1.165, 1.54) is 10.9 Å². The molecule has 0 spiro atoms. The molecule has 1 rings (SSSR count). The zero-order valence-electron chi connectivity index (χ0n) is 8.90. The molecule has 0 radical (unpaired) electrons. The Morgan fingerprint density at radius 1 is 1.57 bits per heavy atom. The normalized spacial score (nSPS) is 13.2. The van der Waals surface area contributed by atoms with Gasteiger partial charge in [-0.05, 0) is 12.5 Å². The summed E-state index contributed by atoms with van der Waals surface area (Å²) in [6, 6.07) is 0. The summed E-state index contributed by atoms with van der Waals surface area (Å²) in [5.41, 5.74) is 6.37. The van der Waals surface area contributed by atoms with E-state index < -0.39 is 0 Å². The Hall–Kier alpha value is -1.16. The summed E-state index contributed by atoms with van der Waals surface area (Å²) in [6.07, 6.45) is 3.14. The first kappa shape index (κ1) is 10.9. The Kier molecular flexibility index (Phi) is 3.41. The third-order valence-corrected chi connectivity index (χ3v) is 2.48. The van der Waals surface area contributed by atoms with Crippen molar-refractivity contribution in [1.29, 1.82) is 0 Å². The molecule has 0 fully saturated rings. The van der Waals surface area contributed by atoms with Gasteiger partial charge in [0.1, 0.15) is 0 Å². The Balaban J connectivity index is 3.17. The summed E-state index contributed by atoms with van der Waals surface area (Å²) in [5, 5.41) is 0. The highest BCUT2D eigenvalue weighted by atomic mass is 16.1. The van der Waals surface area contributed by atoms with Gasteiger partial charge in [0.15, 0.2) is 0 Å². The number of aromatic nitrogens is 2. The van der Waals surface area contributed by atoms with Crippen molar-refractivity contribution < 1.29 is 0 Å². The third kappa shape index (κ3) is 2.01. The molecule has 0 bridgehead atoms. The Morgan fingerprint density at radius 3 is 2.71 bits per heavy atom. The molecule has 78 valence electrons. The van der Waals surface area contributed by atoms with Crippen molar-refractivity contribution in [2.75, 3.05) is 6.54 Å². The predicted octanol–water partition coefficient (Wildman–Crippen LogP) is 0.479. The number of nitrogens with two attached hydrogens (primary N) is 1. The topological polar surface area (TPSA) is 60.9 Å². The van der Waals surface area contributed by atoms with Crippen LogP contribution in [0.2, 0.25) is 0 Å². The van der Waals surface area contributed by atoms with Crippen LogP contribution in [-0.2, 0) is 7.05 Å². The van der Waals surface area contributed by atoms with Gasteiger partial charge in [0.2, 0.25) is 0 Å². The fraction of sp³-hybridized carbons (Fsp3) is 0.600. The van der Waals surface area contributed by atoms with E-state index >= 15 is 0 Å². The van der Waals surface area contributed by atoms with E-state index in [0.29, 0.717) is 18.0 Å². The molecule has 1 atom stereocenters. The minimum atomic E-state index is 0.00384. The monoisotopic (exact) mass is 195 g/mol. The molecule has 1 unspecified atom stereocenters. The number of aryl methyl sites for hydroxylation is 1. The summed E-state index contributed by atoms with van der Waals surface area (Å²) < 4.78 is 1.49.